The lowest BCUT2D eigenvalue weighted by molar-refractivity contribution is -0.143. The fourth-order valence-electron chi connectivity index (χ4n) is 1.75. The van der Waals surface area contributed by atoms with Gasteiger partial charge in [0.25, 0.3) is 5.91 Å². The first kappa shape index (κ1) is 13.0. The summed E-state index contributed by atoms with van der Waals surface area (Å²) in [7, 11) is 1.29. The van der Waals surface area contributed by atoms with E-state index in [9.17, 15) is 9.59 Å². The van der Waals surface area contributed by atoms with Crippen molar-refractivity contribution < 1.29 is 14.3 Å². The molecule has 19 heavy (non-hydrogen) atoms. The Morgan fingerprint density at radius 2 is 2.05 bits per heavy atom. The van der Waals surface area contributed by atoms with Gasteiger partial charge in [0.2, 0.25) is 0 Å². The van der Waals surface area contributed by atoms with Crippen molar-refractivity contribution in [1.29, 1.82) is 0 Å². The molecule has 0 bridgehead atoms. The molecule has 0 radical (unpaired) electrons. The van der Waals surface area contributed by atoms with Gasteiger partial charge in [-0.15, -0.1) is 0 Å². The number of carbonyl (C=O) groups excluding carboxylic acids is 2. The van der Waals surface area contributed by atoms with Crippen molar-refractivity contribution in [3.63, 3.8) is 0 Å². The normalized spacial score (nSPS) is 16.7. The van der Waals surface area contributed by atoms with Gasteiger partial charge in [0, 0.05) is 0 Å². The van der Waals surface area contributed by atoms with Crippen LogP contribution in [0.3, 0.4) is 0 Å². The predicted molar refractivity (Wildman–Crippen MR) is 71.3 cm³/mol. The average Bonchev–Trinajstić information content (AvgIpc) is 2.67. The number of rotatable bonds is 3. The van der Waals surface area contributed by atoms with Gasteiger partial charge >= 0.3 is 5.97 Å². The van der Waals surface area contributed by atoms with Crippen LogP contribution in [0, 0.1) is 0 Å². The van der Waals surface area contributed by atoms with Crippen LogP contribution in [-0.4, -0.2) is 36.3 Å². The molecule has 0 aromatic heterocycles. The summed E-state index contributed by atoms with van der Waals surface area (Å²) in [6.45, 7) is 1.57. The number of hydrogen-bond donors (Lipinski definition) is 0. The molecule has 0 saturated heterocycles. The van der Waals surface area contributed by atoms with Gasteiger partial charge in [-0.05, 0) is 18.6 Å². The summed E-state index contributed by atoms with van der Waals surface area (Å²) in [5.41, 5.74) is 1.22. The number of nitrogens with zero attached hydrogens (tertiary/aromatic N) is 2. The van der Waals surface area contributed by atoms with E-state index in [1.54, 1.807) is 13.0 Å². The molecule has 0 atom stereocenters. The van der Waals surface area contributed by atoms with Gasteiger partial charge in [0.1, 0.15) is 18.1 Å². The highest BCUT2D eigenvalue weighted by Gasteiger charge is 2.29. The Hall–Kier alpha value is -2.43. The zero-order valence-corrected chi connectivity index (χ0v) is 10.8. The first-order valence-corrected chi connectivity index (χ1v) is 5.82. The second-order valence-corrected chi connectivity index (χ2v) is 4.07. The third kappa shape index (κ3) is 2.88. The van der Waals surface area contributed by atoms with Crippen LogP contribution in [-0.2, 0) is 14.3 Å². The third-order valence-corrected chi connectivity index (χ3v) is 2.75. The van der Waals surface area contributed by atoms with Crippen LogP contribution in [0.4, 0.5) is 0 Å². The largest absolute Gasteiger partial charge is 0.468 e. The quantitative estimate of drug-likeness (QED) is 0.609. The average molecular weight is 258 g/mol. The third-order valence-electron chi connectivity index (χ3n) is 2.75. The Labute approximate surface area is 111 Å². The zero-order chi connectivity index (χ0) is 13.8. The molecule has 0 unspecified atom stereocenters. The number of amidine groups is 1. The summed E-state index contributed by atoms with van der Waals surface area (Å²) in [6.07, 6.45) is 1.70. The summed E-state index contributed by atoms with van der Waals surface area (Å²) in [6, 6.07) is 9.43. The maximum atomic E-state index is 12.1. The number of amides is 1. The van der Waals surface area contributed by atoms with Gasteiger partial charge in [0.05, 0.1) is 7.11 Å². The van der Waals surface area contributed by atoms with E-state index in [-0.39, 0.29) is 12.5 Å². The predicted octanol–water partition coefficient (Wildman–Crippen LogP) is 1.46. The highest BCUT2D eigenvalue weighted by Crippen LogP contribution is 2.17. The van der Waals surface area contributed by atoms with Crippen LogP contribution in [0.5, 0.6) is 0 Å². The molecule has 0 N–H and O–H groups in total. The zero-order valence-electron chi connectivity index (χ0n) is 10.8. The fourth-order valence-corrected chi connectivity index (χ4v) is 1.75. The molecule has 1 aromatic carbocycles. The van der Waals surface area contributed by atoms with Gasteiger partial charge in [-0.2, -0.15) is 0 Å². The topological polar surface area (TPSA) is 59.0 Å². The van der Waals surface area contributed by atoms with Crippen molar-refractivity contribution in [2.75, 3.05) is 13.7 Å². The summed E-state index contributed by atoms with van der Waals surface area (Å²) in [5.74, 6) is -0.256. The van der Waals surface area contributed by atoms with Crippen LogP contribution < -0.4 is 0 Å². The standard InChI is InChI=1S/C14H14N2O3/c1-10-15-12(8-11-6-4-3-5-7-11)14(18)16(10)9-13(17)19-2/h3-8H,9H2,1-2H3/b12-8+. The van der Waals surface area contributed by atoms with Crippen LogP contribution in [0.15, 0.2) is 41.0 Å². The number of carbonyl (C=O) groups is 2. The minimum absolute atomic E-state index is 0.114. The van der Waals surface area contributed by atoms with Gasteiger partial charge in [0.15, 0.2) is 0 Å². The number of ether oxygens (including phenoxy) is 1. The minimum atomic E-state index is -0.469. The smallest absolute Gasteiger partial charge is 0.325 e. The van der Waals surface area contributed by atoms with E-state index in [0.717, 1.165) is 5.56 Å². The second kappa shape index (κ2) is 5.48. The fraction of sp³-hybridized carbons (Fsp3) is 0.214. The summed E-state index contributed by atoms with van der Waals surface area (Å²) < 4.78 is 4.56. The Kier molecular flexibility index (Phi) is 3.75. The Bertz CT molecular complexity index is 561. The van der Waals surface area contributed by atoms with Crippen molar-refractivity contribution in [2.45, 2.75) is 6.92 Å². The Morgan fingerprint density at radius 3 is 2.68 bits per heavy atom. The lowest BCUT2D eigenvalue weighted by Gasteiger charge is -2.13. The van der Waals surface area contributed by atoms with E-state index in [4.69, 9.17) is 0 Å². The number of aliphatic imine (C=N–C) groups is 1. The molecular formula is C14H14N2O3. The molecule has 5 nitrogen and oxygen atoms in total. The van der Waals surface area contributed by atoms with E-state index in [1.807, 2.05) is 30.3 Å². The molecule has 98 valence electrons. The number of esters is 1. The van der Waals surface area contributed by atoms with Crippen molar-refractivity contribution in [3.05, 3.63) is 41.6 Å². The molecule has 0 fully saturated rings. The lowest BCUT2D eigenvalue weighted by Crippen LogP contribution is -2.35. The summed E-state index contributed by atoms with van der Waals surface area (Å²) in [5, 5.41) is 0. The van der Waals surface area contributed by atoms with E-state index in [2.05, 4.69) is 9.73 Å². The molecule has 0 saturated carbocycles. The Morgan fingerprint density at radius 1 is 1.37 bits per heavy atom. The molecule has 0 spiro atoms. The van der Waals surface area contributed by atoms with Crippen molar-refractivity contribution >= 4 is 23.8 Å². The lowest BCUT2D eigenvalue weighted by atomic mass is 10.2. The van der Waals surface area contributed by atoms with Crippen LogP contribution >= 0.6 is 0 Å². The molecule has 1 aromatic rings. The summed E-state index contributed by atoms with van der Waals surface area (Å²) in [4.78, 5) is 28.8. The van der Waals surface area contributed by atoms with Crippen LogP contribution in [0.2, 0.25) is 0 Å². The van der Waals surface area contributed by atoms with Crippen molar-refractivity contribution in [1.82, 2.24) is 4.90 Å². The first-order chi connectivity index (χ1) is 9.11. The Balaban J connectivity index is 2.21. The molecular weight excluding hydrogens is 244 g/mol. The van der Waals surface area contributed by atoms with E-state index in [0.29, 0.717) is 11.5 Å². The number of benzene rings is 1. The van der Waals surface area contributed by atoms with Gasteiger partial charge in [-0.25, -0.2) is 4.99 Å². The molecule has 1 amide bonds. The van der Waals surface area contributed by atoms with Crippen LogP contribution in [0.1, 0.15) is 12.5 Å². The van der Waals surface area contributed by atoms with Gasteiger partial charge in [-0.1, -0.05) is 30.3 Å². The van der Waals surface area contributed by atoms with Gasteiger partial charge < -0.3 is 4.74 Å². The molecule has 5 heteroatoms. The molecule has 1 aliphatic heterocycles. The maximum absolute atomic E-state index is 12.1. The molecule has 2 rings (SSSR count). The highest BCUT2D eigenvalue weighted by atomic mass is 16.5. The summed E-state index contributed by atoms with van der Waals surface area (Å²) >= 11 is 0. The van der Waals surface area contributed by atoms with E-state index in [1.165, 1.54) is 12.0 Å². The number of hydrogen-bond acceptors (Lipinski definition) is 4. The van der Waals surface area contributed by atoms with Gasteiger partial charge in [-0.3, -0.25) is 14.5 Å². The molecule has 1 aliphatic rings. The van der Waals surface area contributed by atoms with Crippen molar-refractivity contribution in [3.8, 4) is 0 Å². The molecule has 0 aliphatic carbocycles. The molecule has 1 heterocycles. The van der Waals surface area contributed by atoms with Crippen LogP contribution in [0.25, 0.3) is 6.08 Å². The van der Waals surface area contributed by atoms with E-state index < -0.39 is 5.97 Å². The first-order valence-electron chi connectivity index (χ1n) is 5.82. The van der Waals surface area contributed by atoms with Crippen molar-refractivity contribution in [2.24, 2.45) is 4.99 Å². The monoisotopic (exact) mass is 258 g/mol. The number of methoxy groups -OCH3 is 1. The second-order valence-electron chi connectivity index (χ2n) is 4.07. The highest BCUT2D eigenvalue weighted by molar-refractivity contribution is 6.14. The van der Waals surface area contributed by atoms with E-state index >= 15 is 0 Å². The maximum Gasteiger partial charge on any atom is 0.325 e. The minimum Gasteiger partial charge on any atom is -0.468 e. The SMILES string of the molecule is COC(=O)CN1C(=O)/C(=C\c2ccccc2)N=C1C.